The molecule has 2 heterocycles. The maximum absolute atomic E-state index is 13.4. The van der Waals surface area contributed by atoms with Gasteiger partial charge in [0.15, 0.2) is 11.6 Å². The molecule has 0 aliphatic rings. The van der Waals surface area contributed by atoms with E-state index in [4.69, 9.17) is 5.11 Å². The first kappa shape index (κ1) is 20.4. The molecule has 0 saturated heterocycles. The lowest BCUT2D eigenvalue weighted by Gasteiger charge is -2.16. The van der Waals surface area contributed by atoms with E-state index < -0.39 is 35.1 Å². The number of pyridine rings is 1. The number of carboxylic acids is 1. The number of carbonyl (C=O) groups is 2. The van der Waals surface area contributed by atoms with Gasteiger partial charge in [-0.2, -0.15) is 0 Å². The highest BCUT2D eigenvalue weighted by molar-refractivity contribution is 7.10. The van der Waals surface area contributed by atoms with Gasteiger partial charge in [0.1, 0.15) is 5.56 Å². The minimum Gasteiger partial charge on any atom is -0.481 e. The Morgan fingerprint density at radius 2 is 1.93 bits per heavy atom. The highest BCUT2D eigenvalue weighted by Crippen LogP contribution is 2.22. The molecule has 3 aromatic rings. The van der Waals surface area contributed by atoms with Gasteiger partial charge in [-0.3, -0.25) is 14.4 Å². The van der Waals surface area contributed by atoms with E-state index in [1.165, 1.54) is 40.3 Å². The predicted molar refractivity (Wildman–Crippen MR) is 103 cm³/mol. The predicted octanol–water partition coefficient (Wildman–Crippen LogP) is 3.18. The molecule has 150 valence electrons. The maximum Gasteiger partial charge on any atom is 0.305 e. The highest BCUT2D eigenvalue weighted by Gasteiger charge is 2.21. The number of nitrogens with one attached hydrogen (secondary N) is 1. The quantitative estimate of drug-likeness (QED) is 0.617. The summed E-state index contributed by atoms with van der Waals surface area (Å²) in [6.45, 7) is -0.0549. The Bertz CT molecular complexity index is 1100. The van der Waals surface area contributed by atoms with Gasteiger partial charge in [0.05, 0.1) is 19.0 Å². The number of nitrogens with zero attached hydrogens (tertiary/aromatic N) is 1. The van der Waals surface area contributed by atoms with Crippen molar-refractivity contribution < 1.29 is 23.5 Å². The van der Waals surface area contributed by atoms with Gasteiger partial charge in [0.2, 0.25) is 0 Å². The number of hydrogen-bond donors (Lipinski definition) is 2. The molecular formula is C20H16F2N2O4S. The fourth-order valence-electron chi connectivity index (χ4n) is 2.79. The minimum atomic E-state index is -1.09. The van der Waals surface area contributed by atoms with Crippen molar-refractivity contribution in [3.05, 3.63) is 92.0 Å². The van der Waals surface area contributed by atoms with Crippen LogP contribution < -0.4 is 10.9 Å². The number of rotatable bonds is 7. The Morgan fingerprint density at radius 3 is 2.59 bits per heavy atom. The zero-order valence-corrected chi connectivity index (χ0v) is 15.8. The summed E-state index contributed by atoms with van der Waals surface area (Å²) in [7, 11) is 0. The van der Waals surface area contributed by atoms with Crippen molar-refractivity contribution in [2.24, 2.45) is 0 Å². The number of carboxylic acid groups (broad SMARTS) is 1. The van der Waals surface area contributed by atoms with Crippen LogP contribution in [-0.4, -0.2) is 21.6 Å². The molecule has 0 aliphatic carbocycles. The number of carbonyl (C=O) groups excluding carboxylic acids is 1. The average Bonchev–Trinajstić information content (AvgIpc) is 3.20. The molecule has 0 unspecified atom stereocenters. The van der Waals surface area contributed by atoms with Crippen LogP contribution in [0.5, 0.6) is 0 Å². The van der Waals surface area contributed by atoms with E-state index in [1.54, 1.807) is 17.5 Å². The Morgan fingerprint density at radius 1 is 1.14 bits per heavy atom. The highest BCUT2D eigenvalue weighted by atomic mass is 32.1. The fraction of sp³-hybridized carbons (Fsp3) is 0.150. The number of aromatic nitrogens is 1. The van der Waals surface area contributed by atoms with Crippen molar-refractivity contribution in [2.75, 3.05) is 0 Å². The van der Waals surface area contributed by atoms with Crippen LogP contribution in [0.15, 0.2) is 58.8 Å². The lowest BCUT2D eigenvalue weighted by Crippen LogP contribution is -2.35. The average molecular weight is 418 g/mol. The first-order valence-corrected chi connectivity index (χ1v) is 9.42. The number of amides is 1. The van der Waals surface area contributed by atoms with Crippen molar-refractivity contribution in [3.8, 4) is 0 Å². The summed E-state index contributed by atoms with van der Waals surface area (Å²) >= 11 is 1.29. The van der Waals surface area contributed by atoms with Gasteiger partial charge >= 0.3 is 5.97 Å². The largest absolute Gasteiger partial charge is 0.481 e. The number of thiophene rings is 1. The second kappa shape index (κ2) is 8.78. The summed E-state index contributed by atoms with van der Waals surface area (Å²) in [4.78, 5) is 37.1. The zero-order chi connectivity index (χ0) is 21.0. The number of benzene rings is 1. The van der Waals surface area contributed by atoms with E-state index in [1.807, 2.05) is 0 Å². The molecular weight excluding hydrogens is 402 g/mol. The second-order valence-corrected chi connectivity index (χ2v) is 7.22. The Hall–Kier alpha value is -3.33. The first-order chi connectivity index (χ1) is 13.8. The Labute approximate surface area is 168 Å². The summed E-state index contributed by atoms with van der Waals surface area (Å²) in [5.74, 6) is -3.83. The van der Waals surface area contributed by atoms with Crippen LogP contribution in [0.25, 0.3) is 0 Å². The summed E-state index contributed by atoms with van der Waals surface area (Å²) in [6, 6.07) is 8.75. The van der Waals surface area contributed by atoms with E-state index in [9.17, 15) is 23.2 Å². The number of halogens is 2. The van der Waals surface area contributed by atoms with Crippen molar-refractivity contribution in [1.82, 2.24) is 9.88 Å². The van der Waals surface area contributed by atoms with Crippen LogP contribution >= 0.6 is 11.3 Å². The second-order valence-electron chi connectivity index (χ2n) is 6.24. The Kier molecular flexibility index (Phi) is 6.18. The molecule has 2 aromatic heterocycles. The first-order valence-electron chi connectivity index (χ1n) is 8.54. The molecule has 3 rings (SSSR count). The van der Waals surface area contributed by atoms with Crippen molar-refractivity contribution in [1.29, 1.82) is 0 Å². The molecule has 9 heteroatoms. The van der Waals surface area contributed by atoms with Gasteiger partial charge < -0.3 is 15.0 Å². The molecule has 0 spiro atoms. The van der Waals surface area contributed by atoms with Crippen LogP contribution in [-0.2, 0) is 11.3 Å². The molecule has 1 aromatic carbocycles. The van der Waals surface area contributed by atoms with E-state index in [0.717, 1.165) is 12.1 Å². The van der Waals surface area contributed by atoms with E-state index in [-0.39, 0.29) is 18.5 Å². The molecule has 0 fully saturated rings. The lowest BCUT2D eigenvalue weighted by molar-refractivity contribution is -0.137. The van der Waals surface area contributed by atoms with Gasteiger partial charge in [-0.15, -0.1) is 11.3 Å². The monoisotopic (exact) mass is 418 g/mol. The third kappa shape index (κ3) is 4.94. The van der Waals surface area contributed by atoms with Crippen LogP contribution in [0.2, 0.25) is 0 Å². The third-order valence-electron chi connectivity index (χ3n) is 4.17. The molecule has 2 N–H and O–H groups in total. The standard InChI is InChI=1S/C20H16F2N2O4S/c21-14-6-5-12(9-15(14)22)11-24-7-1-3-13(20(24)28)19(27)23-16(10-18(25)26)17-4-2-8-29-17/h1-9,16H,10-11H2,(H,23,27)(H,25,26)/t16-/m1/s1. The molecule has 1 amide bonds. The summed E-state index contributed by atoms with van der Waals surface area (Å²) in [5.41, 5.74) is -0.456. The van der Waals surface area contributed by atoms with Gasteiger partial charge in [-0.25, -0.2) is 8.78 Å². The fourth-order valence-corrected chi connectivity index (χ4v) is 3.57. The SMILES string of the molecule is O=C(O)C[C@@H](NC(=O)c1cccn(Cc2ccc(F)c(F)c2)c1=O)c1cccs1. The topological polar surface area (TPSA) is 88.4 Å². The van der Waals surface area contributed by atoms with Crippen LogP contribution in [0.3, 0.4) is 0 Å². The molecule has 29 heavy (non-hydrogen) atoms. The smallest absolute Gasteiger partial charge is 0.305 e. The lowest BCUT2D eigenvalue weighted by atomic mass is 10.1. The van der Waals surface area contributed by atoms with Crippen LogP contribution in [0.4, 0.5) is 8.78 Å². The molecule has 1 atom stereocenters. The molecule has 0 bridgehead atoms. The summed E-state index contributed by atoms with van der Waals surface area (Å²) in [6.07, 6.45) is 1.09. The van der Waals surface area contributed by atoms with Crippen molar-refractivity contribution in [3.63, 3.8) is 0 Å². The van der Waals surface area contributed by atoms with Crippen LogP contribution in [0.1, 0.15) is 33.3 Å². The van der Waals surface area contributed by atoms with E-state index >= 15 is 0 Å². The van der Waals surface area contributed by atoms with Gasteiger partial charge in [0.25, 0.3) is 11.5 Å². The maximum atomic E-state index is 13.4. The van der Waals surface area contributed by atoms with E-state index in [0.29, 0.717) is 10.4 Å². The summed E-state index contributed by atoms with van der Waals surface area (Å²) in [5, 5.41) is 13.4. The van der Waals surface area contributed by atoms with Crippen LogP contribution in [0, 0.1) is 11.6 Å². The third-order valence-corrected chi connectivity index (χ3v) is 5.16. The normalized spacial score (nSPS) is 11.8. The summed E-state index contributed by atoms with van der Waals surface area (Å²) < 4.78 is 27.7. The van der Waals surface area contributed by atoms with Gasteiger partial charge in [-0.05, 0) is 41.3 Å². The van der Waals surface area contributed by atoms with Crippen molar-refractivity contribution >= 4 is 23.2 Å². The minimum absolute atomic E-state index is 0.0549. The van der Waals surface area contributed by atoms with Gasteiger partial charge in [-0.1, -0.05) is 12.1 Å². The van der Waals surface area contributed by atoms with E-state index in [2.05, 4.69) is 5.32 Å². The molecule has 0 radical (unpaired) electrons. The number of aliphatic carboxylic acids is 1. The van der Waals surface area contributed by atoms with Gasteiger partial charge in [0, 0.05) is 11.1 Å². The number of hydrogen-bond acceptors (Lipinski definition) is 4. The molecule has 6 nitrogen and oxygen atoms in total. The zero-order valence-electron chi connectivity index (χ0n) is 15.0. The van der Waals surface area contributed by atoms with Crippen molar-refractivity contribution in [2.45, 2.75) is 19.0 Å². The molecule has 0 saturated carbocycles. The molecule has 0 aliphatic heterocycles. The Balaban J connectivity index is 1.84.